The molecule has 0 bridgehead atoms. The Morgan fingerprint density at radius 3 is 2.46 bits per heavy atom. The summed E-state index contributed by atoms with van der Waals surface area (Å²) in [5, 5.41) is 5.25. The predicted octanol–water partition coefficient (Wildman–Crippen LogP) is 4.21. The van der Waals surface area contributed by atoms with Crippen molar-refractivity contribution in [1.82, 2.24) is 9.80 Å². The van der Waals surface area contributed by atoms with E-state index in [-0.39, 0.29) is 42.2 Å². The van der Waals surface area contributed by atoms with Gasteiger partial charge in [0.1, 0.15) is 18.2 Å². The van der Waals surface area contributed by atoms with E-state index in [1.165, 1.54) is 18.2 Å². The Bertz CT molecular complexity index is 1130. The third-order valence-corrected chi connectivity index (χ3v) is 6.41. The molecule has 0 saturated heterocycles. The number of methoxy groups -OCH3 is 1. The number of nitrogens with one attached hydrogen (secondary N) is 2. The fourth-order valence-electron chi connectivity index (χ4n) is 4.26. The lowest BCUT2D eigenvalue weighted by atomic mass is 10.0. The average Bonchev–Trinajstić information content (AvgIpc) is 2.87. The first kappa shape index (κ1) is 27.9. The number of anilines is 2. The number of benzene rings is 2. The van der Waals surface area contributed by atoms with Gasteiger partial charge in [-0.3, -0.25) is 9.59 Å². The number of nitrogens with zero attached hydrogens (tertiary/aromatic N) is 2. The van der Waals surface area contributed by atoms with Gasteiger partial charge in [0.15, 0.2) is 0 Å². The number of rotatable bonds is 4. The highest BCUT2D eigenvalue weighted by Gasteiger charge is 2.30. The Morgan fingerprint density at radius 2 is 1.81 bits per heavy atom. The maximum absolute atomic E-state index is 13.4. The molecule has 2 N–H and O–H groups in total. The highest BCUT2D eigenvalue weighted by molar-refractivity contribution is 6.01. The first-order valence-electron chi connectivity index (χ1n) is 12.3. The number of amides is 4. The van der Waals surface area contributed by atoms with Gasteiger partial charge in [-0.05, 0) is 37.3 Å². The van der Waals surface area contributed by atoms with E-state index in [2.05, 4.69) is 10.6 Å². The van der Waals surface area contributed by atoms with Gasteiger partial charge in [0, 0.05) is 57.0 Å². The van der Waals surface area contributed by atoms with Crippen molar-refractivity contribution in [2.24, 2.45) is 5.92 Å². The second-order valence-corrected chi connectivity index (χ2v) is 9.30. The third-order valence-electron chi connectivity index (χ3n) is 6.41. The molecule has 3 atom stereocenters. The summed E-state index contributed by atoms with van der Waals surface area (Å²) in [6, 6.07) is 9.45. The minimum absolute atomic E-state index is 0.00366. The number of hydrogen-bond donors (Lipinski definition) is 2. The Labute approximate surface area is 216 Å². The van der Waals surface area contributed by atoms with Crippen LogP contribution in [0.5, 0.6) is 5.75 Å². The zero-order valence-electron chi connectivity index (χ0n) is 21.9. The van der Waals surface area contributed by atoms with E-state index in [0.717, 1.165) is 0 Å². The summed E-state index contributed by atoms with van der Waals surface area (Å²) in [6.07, 6.45) is 0.0857. The standard InChI is InChI=1S/C27H35FN4O5/c1-6-25(33)32-14-17(2)24(36-5)15-31(4)26(34)22-11-10-21(13-23(22)37-16-18(32)3)30-27(35)29-20-9-7-8-19(28)12-20/h7-13,17-18,24H,6,14-16H2,1-5H3,(H2,29,30,35)/t17-,18-,24+/m0/s1. The minimum Gasteiger partial charge on any atom is -0.491 e. The van der Waals surface area contributed by atoms with Crippen LogP contribution in [0.1, 0.15) is 37.6 Å². The van der Waals surface area contributed by atoms with Crippen LogP contribution < -0.4 is 15.4 Å². The largest absolute Gasteiger partial charge is 0.491 e. The van der Waals surface area contributed by atoms with Crippen LogP contribution in [0.25, 0.3) is 0 Å². The second kappa shape index (κ2) is 12.5. The summed E-state index contributed by atoms with van der Waals surface area (Å²) >= 11 is 0. The Morgan fingerprint density at radius 1 is 1.11 bits per heavy atom. The van der Waals surface area contributed by atoms with Gasteiger partial charge >= 0.3 is 6.03 Å². The molecule has 200 valence electrons. The quantitative estimate of drug-likeness (QED) is 0.637. The number of likely N-dealkylation sites (N-methyl/N-ethyl adjacent to an activating group) is 1. The molecule has 0 unspecified atom stereocenters. The molecule has 9 nitrogen and oxygen atoms in total. The van der Waals surface area contributed by atoms with Crippen molar-refractivity contribution in [1.29, 1.82) is 0 Å². The normalized spacial score (nSPS) is 20.7. The van der Waals surface area contributed by atoms with Crippen LogP contribution in [0.3, 0.4) is 0 Å². The van der Waals surface area contributed by atoms with E-state index in [1.807, 2.05) is 20.8 Å². The Kier molecular flexibility index (Phi) is 9.46. The Balaban J connectivity index is 1.88. The zero-order chi connectivity index (χ0) is 27.1. The number of ether oxygens (including phenoxy) is 2. The van der Waals surface area contributed by atoms with Crippen molar-refractivity contribution in [3.63, 3.8) is 0 Å². The van der Waals surface area contributed by atoms with Crippen LogP contribution in [0.15, 0.2) is 42.5 Å². The number of carbonyl (C=O) groups excluding carboxylic acids is 3. The molecule has 0 aromatic heterocycles. The molecule has 1 aliphatic rings. The lowest BCUT2D eigenvalue weighted by Crippen LogP contribution is -2.48. The van der Waals surface area contributed by atoms with Crippen molar-refractivity contribution in [3.8, 4) is 5.75 Å². The van der Waals surface area contributed by atoms with Gasteiger partial charge in [0.2, 0.25) is 5.91 Å². The molecule has 0 spiro atoms. The lowest BCUT2D eigenvalue weighted by Gasteiger charge is -2.36. The lowest BCUT2D eigenvalue weighted by molar-refractivity contribution is -0.135. The van der Waals surface area contributed by atoms with Crippen LogP contribution in [0.2, 0.25) is 0 Å². The van der Waals surface area contributed by atoms with E-state index in [4.69, 9.17) is 9.47 Å². The summed E-state index contributed by atoms with van der Waals surface area (Å²) in [4.78, 5) is 41.9. The van der Waals surface area contributed by atoms with Crippen molar-refractivity contribution in [2.45, 2.75) is 39.3 Å². The number of fused-ring (bicyclic) bond motifs is 1. The summed E-state index contributed by atoms with van der Waals surface area (Å²) < 4.78 is 25.2. The molecule has 1 heterocycles. The molecule has 3 rings (SSSR count). The molecule has 4 amide bonds. The Hall–Kier alpha value is -3.66. The smallest absolute Gasteiger partial charge is 0.323 e. The highest BCUT2D eigenvalue weighted by atomic mass is 19.1. The topological polar surface area (TPSA) is 100 Å². The molecule has 2 aromatic rings. The van der Waals surface area contributed by atoms with Gasteiger partial charge in [0.05, 0.1) is 17.7 Å². The maximum Gasteiger partial charge on any atom is 0.323 e. The number of carbonyl (C=O) groups is 3. The SMILES string of the molecule is CCC(=O)N1C[C@H](C)[C@H](OC)CN(C)C(=O)c2ccc(NC(=O)Nc3cccc(F)c3)cc2OC[C@@H]1C. The number of hydrogen-bond acceptors (Lipinski definition) is 5. The van der Waals surface area contributed by atoms with Gasteiger partial charge < -0.3 is 29.9 Å². The second-order valence-electron chi connectivity index (χ2n) is 9.30. The molecular weight excluding hydrogens is 479 g/mol. The molecular formula is C27H35FN4O5. The molecule has 0 radical (unpaired) electrons. The summed E-state index contributed by atoms with van der Waals surface area (Å²) in [6.45, 7) is 6.66. The van der Waals surface area contributed by atoms with Crippen LogP contribution in [0.4, 0.5) is 20.6 Å². The molecule has 0 saturated carbocycles. The van der Waals surface area contributed by atoms with Crippen molar-refractivity contribution in [2.75, 3.05) is 44.5 Å². The third kappa shape index (κ3) is 7.19. The molecule has 37 heavy (non-hydrogen) atoms. The van der Waals surface area contributed by atoms with Crippen molar-refractivity contribution in [3.05, 3.63) is 53.8 Å². The minimum atomic E-state index is -0.577. The summed E-state index contributed by atoms with van der Waals surface area (Å²) in [7, 11) is 3.29. The van der Waals surface area contributed by atoms with Gasteiger partial charge in [-0.2, -0.15) is 0 Å². The predicted molar refractivity (Wildman–Crippen MR) is 139 cm³/mol. The van der Waals surface area contributed by atoms with Gasteiger partial charge in [-0.25, -0.2) is 9.18 Å². The molecule has 1 aliphatic heterocycles. The molecule has 0 fully saturated rings. The van der Waals surface area contributed by atoms with E-state index in [1.54, 1.807) is 48.2 Å². The van der Waals surface area contributed by atoms with Crippen molar-refractivity contribution >= 4 is 29.2 Å². The van der Waals surface area contributed by atoms with E-state index < -0.39 is 11.8 Å². The van der Waals surface area contributed by atoms with Crippen LogP contribution in [-0.4, -0.2) is 73.6 Å². The van der Waals surface area contributed by atoms with E-state index in [9.17, 15) is 18.8 Å². The van der Waals surface area contributed by atoms with Crippen molar-refractivity contribution < 1.29 is 28.2 Å². The molecule has 2 aromatic carbocycles. The van der Waals surface area contributed by atoms with E-state index >= 15 is 0 Å². The first-order chi connectivity index (χ1) is 17.6. The first-order valence-corrected chi connectivity index (χ1v) is 12.3. The summed E-state index contributed by atoms with van der Waals surface area (Å²) in [5.74, 6) is -0.457. The number of urea groups is 1. The van der Waals surface area contributed by atoms with Crippen LogP contribution in [0, 0.1) is 11.7 Å². The zero-order valence-corrected chi connectivity index (χ0v) is 21.9. The number of halogens is 1. The average molecular weight is 515 g/mol. The fourth-order valence-corrected chi connectivity index (χ4v) is 4.26. The summed E-state index contributed by atoms with van der Waals surface area (Å²) in [5.41, 5.74) is 1.00. The van der Waals surface area contributed by atoms with Gasteiger partial charge in [-0.1, -0.05) is 19.9 Å². The molecule has 0 aliphatic carbocycles. The molecule has 10 heteroatoms. The van der Waals surface area contributed by atoms with Crippen LogP contribution >= 0.6 is 0 Å². The fraction of sp³-hybridized carbons (Fsp3) is 0.444. The van der Waals surface area contributed by atoms with Crippen LogP contribution in [-0.2, 0) is 9.53 Å². The van der Waals surface area contributed by atoms with Gasteiger partial charge in [0.25, 0.3) is 5.91 Å². The maximum atomic E-state index is 13.4. The monoisotopic (exact) mass is 514 g/mol. The van der Waals surface area contributed by atoms with E-state index in [0.29, 0.717) is 36.4 Å². The van der Waals surface area contributed by atoms with Gasteiger partial charge in [-0.15, -0.1) is 0 Å². The highest BCUT2D eigenvalue weighted by Crippen LogP contribution is 2.27.